The molecule has 3 nitrogen and oxygen atoms in total. The van der Waals surface area contributed by atoms with Gasteiger partial charge in [-0.15, -0.1) is 0 Å². The number of aryl methyl sites for hydroxylation is 1. The van der Waals surface area contributed by atoms with Crippen molar-refractivity contribution in [2.24, 2.45) is 0 Å². The minimum absolute atomic E-state index is 0.190. The van der Waals surface area contributed by atoms with Crippen LogP contribution in [0.1, 0.15) is 51.4 Å². The van der Waals surface area contributed by atoms with Crippen LogP contribution in [0.3, 0.4) is 0 Å². The van der Waals surface area contributed by atoms with Crippen molar-refractivity contribution >= 4 is 5.91 Å². The number of amides is 1. The van der Waals surface area contributed by atoms with E-state index in [9.17, 15) is 9.18 Å². The second-order valence-electron chi connectivity index (χ2n) is 8.47. The van der Waals surface area contributed by atoms with E-state index in [1.54, 1.807) is 0 Å². The number of carbonyl (C=O) groups is 1. The van der Waals surface area contributed by atoms with Gasteiger partial charge in [0.1, 0.15) is 5.82 Å². The molecule has 1 aliphatic heterocycles. The number of nitrogens with one attached hydrogen (secondary N) is 1. The number of piperidine rings is 1. The number of benzene rings is 3. The lowest BCUT2D eigenvalue weighted by atomic mass is 9.89. The van der Waals surface area contributed by atoms with Crippen molar-refractivity contribution in [1.29, 1.82) is 0 Å². The van der Waals surface area contributed by atoms with Gasteiger partial charge in [-0.05, 0) is 79.7 Å². The molecule has 1 saturated heterocycles. The number of likely N-dealkylation sites (tertiary alicyclic amines) is 1. The molecule has 1 N–H and O–H groups in total. The van der Waals surface area contributed by atoms with Crippen molar-refractivity contribution in [1.82, 2.24) is 10.2 Å². The van der Waals surface area contributed by atoms with Gasteiger partial charge in [0.2, 0.25) is 0 Å². The largest absolute Gasteiger partial charge is 0.348 e. The Morgan fingerprint density at radius 2 is 1.52 bits per heavy atom. The van der Waals surface area contributed by atoms with Gasteiger partial charge in [-0.25, -0.2) is 4.39 Å². The SMILES string of the molecule is Cc1ccc(CN2CCC(c3ccc(CNC(=O)c4ccc(F)cc4)cc3)CC2)cc1. The van der Waals surface area contributed by atoms with Crippen molar-refractivity contribution in [2.75, 3.05) is 13.1 Å². The summed E-state index contributed by atoms with van der Waals surface area (Å²) in [5.41, 5.74) is 5.60. The van der Waals surface area contributed by atoms with Crippen LogP contribution in [0.5, 0.6) is 0 Å². The standard InChI is InChI=1S/C27H29FN2O/c1-20-2-4-22(5-3-20)19-30-16-14-24(15-17-30)23-8-6-21(7-9-23)18-29-27(31)25-10-12-26(28)13-11-25/h2-13,24H,14-19H2,1H3,(H,29,31). The predicted octanol–water partition coefficient (Wildman–Crippen LogP) is 5.44. The molecular weight excluding hydrogens is 387 g/mol. The highest BCUT2D eigenvalue weighted by Gasteiger charge is 2.20. The predicted molar refractivity (Wildman–Crippen MR) is 122 cm³/mol. The van der Waals surface area contributed by atoms with E-state index in [2.05, 4.69) is 65.7 Å². The smallest absolute Gasteiger partial charge is 0.251 e. The summed E-state index contributed by atoms with van der Waals surface area (Å²) in [6.07, 6.45) is 2.35. The van der Waals surface area contributed by atoms with Crippen LogP contribution in [0.2, 0.25) is 0 Å². The third kappa shape index (κ3) is 5.80. The molecule has 160 valence electrons. The number of halogens is 1. The Morgan fingerprint density at radius 3 is 2.16 bits per heavy atom. The van der Waals surface area contributed by atoms with Crippen LogP contribution in [-0.4, -0.2) is 23.9 Å². The Balaban J connectivity index is 1.25. The van der Waals surface area contributed by atoms with E-state index >= 15 is 0 Å². The van der Waals surface area contributed by atoms with Crippen molar-refractivity contribution in [3.05, 3.63) is 106 Å². The Hall–Kier alpha value is -2.98. The fourth-order valence-corrected chi connectivity index (χ4v) is 4.17. The van der Waals surface area contributed by atoms with Gasteiger partial charge in [0, 0.05) is 18.7 Å². The second kappa shape index (κ2) is 9.88. The van der Waals surface area contributed by atoms with Gasteiger partial charge in [-0.3, -0.25) is 9.69 Å². The minimum atomic E-state index is -0.340. The topological polar surface area (TPSA) is 32.3 Å². The summed E-state index contributed by atoms with van der Waals surface area (Å²) in [4.78, 5) is 14.7. The van der Waals surface area contributed by atoms with Gasteiger partial charge in [-0.1, -0.05) is 54.1 Å². The summed E-state index contributed by atoms with van der Waals surface area (Å²) in [6.45, 7) is 5.85. The summed E-state index contributed by atoms with van der Waals surface area (Å²) in [5.74, 6) is 0.0651. The minimum Gasteiger partial charge on any atom is -0.348 e. The summed E-state index contributed by atoms with van der Waals surface area (Å²) < 4.78 is 13.0. The Labute approximate surface area is 183 Å². The molecule has 1 amide bonds. The van der Waals surface area contributed by atoms with Crippen LogP contribution < -0.4 is 5.32 Å². The average molecular weight is 417 g/mol. The van der Waals surface area contributed by atoms with Crippen molar-refractivity contribution in [2.45, 2.75) is 38.8 Å². The van der Waals surface area contributed by atoms with E-state index in [0.717, 1.165) is 25.2 Å². The first-order valence-corrected chi connectivity index (χ1v) is 11.0. The quantitative estimate of drug-likeness (QED) is 0.580. The summed E-state index contributed by atoms with van der Waals surface area (Å²) in [6, 6.07) is 23.0. The van der Waals surface area contributed by atoms with Gasteiger partial charge in [0.15, 0.2) is 0 Å². The summed E-state index contributed by atoms with van der Waals surface area (Å²) in [5, 5.41) is 2.90. The van der Waals surface area contributed by atoms with E-state index in [-0.39, 0.29) is 11.7 Å². The van der Waals surface area contributed by atoms with Crippen molar-refractivity contribution in [3.63, 3.8) is 0 Å². The second-order valence-corrected chi connectivity index (χ2v) is 8.47. The van der Waals surface area contributed by atoms with Crippen LogP contribution in [0.4, 0.5) is 4.39 Å². The molecule has 1 aliphatic rings. The highest BCUT2D eigenvalue weighted by Crippen LogP contribution is 2.29. The first-order chi connectivity index (χ1) is 15.1. The molecule has 3 aromatic rings. The third-order valence-corrected chi connectivity index (χ3v) is 6.12. The normalized spacial score (nSPS) is 15.0. The van der Waals surface area contributed by atoms with Crippen LogP contribution in [-0.2, 0) is 13.1 Å². The Bertz CT molecular complexity index is 989. The van der Waals surface area contributed by atoms with Crippen LogP contribution in [0.15, 0.2) is 72.8 Å². The lowest BCUT2D eigenvalue weighted by Crippen LogP contribution is -2.32. The van der Waals surface area contributed by atoms with Crippen LogP contribution in [0.25, 0.3) is 0 Å². The van der Waals surface area contributed by atoms with E-state index in [1.807, 2.05) is 0 Å². The molecule has 4 rings (SSSR count). The highest BCUT2D eigenvalue weighted by molar-refractivity contribution is 5.94. The number of carbonyl (C=O) groups excluding carboxylic acids is 1. The maximum absolute atomic E-state index is 13.0. The fraction of sp³-hybridized carbons (Fsp3) is 0.296. The first kappa shape index (κ1) is 21.3. The maximum Gasteiger partial charge on any atom is 0.251 e. The van der Waals surface area contributed by atoms with Gasteiger partial charge in [-0.2, -0.15) is 0 Å². The molecule has 0 unspecified atom stereocenters. The number of rotatable bonds is 6. The van der Waals surface area contributed by atoms with Crippen LogP contribution >= 0.6 is 0 Å². The van der Waals surface area contributed by atoms with Gasteiger partial charge >= 0.3 is 0 Å². The van der Waals surface area contributed by atoms with E-state index in [4.69, 9.17) is 0 Å². The molecular formula is C27H29FN2O. The van der Waals surface area contributed by atoms with Crippen LogP contribution in [0, 0.1) is 12.7 Å². The number of hydrogen-bond acceptors (Lipinski definition) is 2. The summed E-state index contributed by atoms with van der Waals surface area (Å²) in [7, 11) is 0. The third-order valence-electron chi connectivity index (χ3n) is 6.12. The zero-order valence-corrected chi connectivity index (χ0v) is 18.0. The lowest BCUT2D eigenvalue weighted by molar-refractivity contribution is 0.0951. The molecule has 31 heavy (non-hydrogen) atoms. The Kier molecular flexibility index (Phi) is 6.78. The molecule has 0 aliphatic carbocycles. The molecule has 0 atom stereocenters. The van der Waals surface area contributed by atoms with E-state index in [1.165, 1.54) is 53.8 Å². The highest BCUT2D eigenvalue weighted by atomic mass is 19.1. The van der Waals surface area contributed by atoms with Crippen molar-refractivity contribution in [3.8, 4) is 0 Å². The molecule has 3 aromatic carbocycles. The average Bonchev–Trinajstić information content (AvgIpc) is 2.80. The molecule has 4 heteroatoms. The van der Waals surface area contributed by atoms with Gasteiger partial charge in [0.05, 0.1) is 0 Å². The fourth-order valence-electron chi connectivity index (χ4n) is 4.17. The molecule has 0 bridgehead atoms. The van der Waals surface area contributed by atoms with Gasteiger partial charge < -0.3 is 5.32 Å². The monoisotopic (exact) mass is 416 g/mol. The number of nitrogens with zero attached hydrogens (tertiary/aromatic N) is 1. The number of hydrogen-bond donors (Lipinski definition) is 1. The maximum atomic E-state index is 13.0. The zero-order chi connectivity index (χ0) is 21.6. The Morgan fingerprint density at radius 1 is 0.903 bits per heavy atom. The molecule has 1 heterocycles. The lowest BCUT2D eigenvalue weighted by Gasteiger charge is -2.32. The summed E-state index contributed by atoms with van der Waals surface area (Å²) >= 11 is 0. The molecule has 0 radical (unpaired) electrons. The van der Waals surface area contributed by atoms with Gasteiger partial charge in [0.25, 0.3) is 5.91 Å². The first-order valence-electron chi connectivity index (χ1n) is 11.0. The molecule has 0 aromatic heterocycles. The van der Waals surface area contributed by atoms with E-state index in [0.29, 0.717) is 18.0 Å². The molecule has 0 spiro atoms. The van der Waals surface area contributed by atoms with Crippen molar-refractivity contribution < 1.29 is 9.18 Å². The molecule has 0 saturated carbocycles. The zero-order valence-electron chi connectivity index (χ0n) is 18.0. The molecule has 1 fully saturated rings. The van der Waals surface area contributed by atoms with E-state index < -0.39 is 0 Å².